The zero-order valence-electron chi connectivity index (χ0n) is 14.5. The van der Waals surface area contributed by atoms with Crippen molar-refractivity contribution in [2.75, 3.05) is 14.2 Å². The van der Waals surface area contributed by atoms with E-state index in [0.29, 0.717) is 37.5 Å². The summed E-state index contributed by atoms with van der Waals surface area (Å²) < 4.78 is 12.6. The van der Waals surface area contributed by atoms with Gasteiger partial charge < -0.3 is 9.47 Å². The predicted molar refractivity (Wildman–Crippen MR) is 113 cm³/mol. The Kier molecular flexibility index (Phi) is 6.29. The highest BCUT2D eigenvalue weighted by atomic mass is 79.9. The van der Waals surface area contributed by atoms with Crippen molar-refractivity contribution in [3.8, 4) is 11.5 Å². The normalized spacial score (nSPS) is 15.9. The van der Waals surface area contributed by atoms with Gasteiger partial charge in [0.1, 0.15) is 6.61 Å². The first-order valence-electron chi connectivity index (χ1n) is 7.86. The lowest BCUT2D eigenvalue weighted by Crippen LogP contribution is -2.22. The fourth-order valence-corrected chi connectivity index (χ4v) is 4.75. The molecule has 0 aliphatic carbocycles. The number of halogens is 2. The number of carbonyl (C=O) groups is 2. The Morgan fingerprint density at radius 1 is 1.15 bits per heavy atom. The van der Waals surface area contributed by atoms with Crippen LogP contribution in [0.25, 0.3) is 4.48 Å². The van der Waals surface area contributed by atoms with E-state index in [2.05, 4.69) is 31.9 Å². The molecule has 8 heteroatoms. The lowest BCUT2D eigenvalue weighted by molar-refractivity contribution is -0.121. The van der Waals surface area contributed by atoms with Gasteiger partial charge in [0.05, 0.1) is 12.0 Å². The first-order valence-corrected chi connectivity index (χ1v) is 10.3. The van der Waals surface area contributed by atoms with Crippen LogP contribution in [0.5, 0.6) is 11.5 Å². The molecule has 0 N–H and O–H groups in total. The van der Waals surface area contributed by atoms with E-state index in [9.17, 15) is 9.59 Å². The molecule has 0 atom stereocenters. The van der Waals surface area contributed by atoms with E-state index in [4.69, 9.17) is 9.47 Å². The smallest absolute Gasteiger partial charge is 0.293 e. The summed E-state index contributed by atoms with van der Waals surface area (Å²) in [6, 6.07) is 13.4. The maximum absolute atomic E-state index is 12.2. The molecule has 0 saturated carbocycles. The average molecular weight is 513 g/mol. The van der Waals surface area contributed by atoms with E-state index >= 15 is 0 Å². The summed E-state index contributed by atoms with van der Waals surface area (Å²) in [7, 11) is 3.01. The van der Waals surface area contributed by atoms with Crippen molar-refractivity contribution in [3.63, 3.8) is 0 Å². The Bertz CT molecular complexity index is 931. The number of benzene rings is 2. The molecule has 0 radical (unpaired) electrons. The third-order valence-corrected chi connectivity index (χ3v) is 6.66. The molecule has 1 aliphatic heterocycles. The van der Waals surface area contributed by atoms with Crippen LogP contribution in [0.2, 0.25) is 0 Å². The van der Waals surface area contributed by atoms with Gasteiger partial charge in [-0.1, -0.05) is 30.3 Å². The second-order valence-corrected chi connectivity index (χ2v) is 8.24. The van der Waals surface area contributed by atoms with Crippen LogP contribution in [-0.4, -0.2) is 30.2 Å². The second-order valence-electron chi connectivity index (χ2n) is 5.63. The van der Waals surface area contributed by atoms with Gasteiger partial charge in [0, 0.05) is 21.6 Å². The van der Waals surface area contributed by atoms with Crippen molar-refractivity contribution < 1.29 is 19.1 Å². The third-order valence-electron chi connectivity index (χ3n) is 3.89. The van der Waals surface area contributed by atoms with Gasteiger partial charge in [-0.05, 0) is 61.3 Å². The van der Waals surface area contributed by atoms with E-state index in [1.165, 1.54) is 7.05 Å². The predicted octanol–water partition coefficient (Wildman–Crippen LogP) is 5.43. The molecule has 0 aromatic heterocycles. The van der Waals surface area contributed by atoms with Gasteiger partial charge in [-0.2, -0.15) is 0 Å². The van der Waals surface area contributed by atoms with Crippen molar-refractivity contribution in [2.45, 2.75) is 6.61 Å². The van der Waals surface area contributed by atoms with Gasteiger partial charge in [-0.3, -0.25) is 14.5 Å². The van der Waals surface area contributed by atoms with Crippen LogP contribution in [0.15, 0.2) is 51.8 Å². The molecule has 5 nitrogen and oxygen atoms in total. The highest BCUT2D eigenvalue weighted by Crippen LogP contribution is 2.44. The van der Waals surface area contributed by atoms with Crippen LogP contribution in [0.1, 0.15) is 11.1 Å². The Morgan fingerprint density at radius 3 is 2.44 bits per heavy atom. The average Bonchev–Trinajstić information content (AvgIpc) is 2.94. The summed E-state index contributed by atoms with van der Waals surface area (Å²) in [4.78, 5) is 25.4. The molecule has 2 aromatic carbocycles. The maximum Gasteiger partial charge on any atom is 0.293 e. The minimum Gasteiger partial charge on any atom is -0.493 e. The summed E-state index contributed by atoms with van der Waals surface area (Å²) in [6.45, 7) is 0.402. The minimum absolute atomic E-state index is 0.308. The van der Waals surface area contributed by atoms with Crippen LogP contribution < -0.4 is 9.47 Å². The number of hydrogen-bond donors (Lipinski definition) is 0. The standard InChI is InChI=1S/C19H15Br2NO4S/c1-22-18(23)17(27-19(22)24)16(21)12-8-14(25-2)15(9-13(12)20)26-10-11-6-4-3-5-7-11/h3-9H,10H2,1-2H3/b17-16+. The number of carbonyl (C=O) groups excluding carboxylic acids is 2. The number of amides is 2. The molecule has 27 heavy (non-hydrogen) atoms. The van der Waals surface area contributed by atoms with Crippen LogP contribution in [0.3, 0.4) is 0 Å². The monoisotopic (exact) mass is 511 g/mol. The number of nitrogens with zero attached hydrogens (tertiary/aromatic N) is 1. The number of likely N-dealkylation sites (N-methyl/N-ethyl adjacent to an activating group) is 1. The minimum atomic E-state index is -0.341. The Balaban J connectivity index is 1.92. The highest BCUT2D eigenvalue weighted by molar-refractivity contribution is 9.15. The Hall–Kier alpha value is -1.77. The maximum atomic E-state index is 12.2. The van der Waals surface area contributed by atoms with Crippen LogP contribution in [0.4, 0.5) is 4.79 Å². The highest BCUT2D eigenvalue weighted by Gasteiger charge is 2.34. The molecule has 140 valence electrons. The van der Waals surface area contributed by atoms with Crippen molar-refractivity contribution >= 4 is 59.3 Å². The van der Waals surface area contributed by atoms with E-state index in [0.717, 1.165) is 22.2 Å². The van der Waals surface area contributed by atoms with Gasteiger partial charge >= 0.3 is 0 Å². The number of imide groups is 1. The van der Waals surface area contributed by atoms with Crippen LogP contribution in [-0.2, 0) is 11.4 Å². The lowest BCUT2D eigenvalue weighted by Gasteiger charge is -2.14. The number of hydrogen-bond acceptors (Lipinski definition) is 5. The van der Waals surface area contributed by atoms with Gasteiger partial charge in [-0.15, -0.1) is 0 Å². The summed E-state index contributed by atoms with van der Waals surface area (Å²) >= 11 is 7.87. The molecule has 0 bridgehead atoms. The van der Waals surface area contributed by atoms with Gasteiger partial charge in [0.15, 0.2) is 11.5 Å². The molecule has 0 spiro atoms. The molecule has 3 rings (SSSR count). The molecule has 2 amide bonds. The Labute approximate surface area is 178 Å². The van der Waals surface area contributed by atoms with E-state index in [-0.39, 0.29) is 11.1 Å². The fraction of sp³-hybridized carbons (Fsp3) is 0.158. The molecular weight excluding hydrogens is 498 g/mol. The summed E-state index contributed by atoms with van der Waals surface area (Å²) in [6.07, 6.45) is 0. The Morgan fingerprint density at radius 2 is 1.85 bits per heavy atom. The number of methoxy groups -OCH3 is 1. The lowest BCUT2D eigenvalue weighted by atomic mass is 10.1. The second kappa shape index (κ2) is 8.50. The van der Waals surface area contributed by atoms with Crippen LogP contribution >= 0.6 is 43.6 Å². The largest absolute Gasteiger partial charge is 0.493 e. The summed E-state index contributed by atoms with van der Waals surface area (Å²) in [5.41, 5.74) is 1.73. The van der Waals surface area contributed by atoms with Crippen molar-refractivity contribution in [1.29, 1.82) is 0 Å². The van der Waals surface area contributed by atoms with E-state index < -0.39 is 0 Å². The summed E-state index contributed by atoms with van der Waals surface area (Å²) in [5, 5.41) is -0.308. The quantitative estimate of drug-likeness (QED) is 0.500. The molecule has 0 unspecified atom stereocenters. The third kappa shape index (κ3) is 4.23. The summed E-state index contributed by atoms with van der Waals surface area (Å²) in [5.74, 6) is 0.754. The topological polar surface area (TPSA) is 55.8 Å². The van der Waals surface area contributed by atoms with Crippen molar-refractivity contribution in [1.82, 2.24) is 4.90 Å². The molecule has 1 saturated heterocycles. The molecule has 1 aliphatic rings. The molecular formula is C19H15Br2NO4S. The molecule has 2 aromatic rings. The van der Waals surface area contributed by atoms with E-state index in [1.54, 1.807) is 19.2 Å². The van der Waals surface area contributed by atoms with Gasteiger partial charge in [0.25, 0.3) is 11.1 Å². The van der Waals surface area contributed by atoms with Crippen LogP contribution in [0, 0.1) is 0 Å². The number of rotatable bonds is 5. The zero-order valence-corrected chi connectivity index (χ0v) is 18.5. The van der Waals surface area contributed by atoms with Crippen molar-refractivity contribution in [3.05, 3.63) is 63.0 Å². The van der Waals surface area contributed by atoms with E-state index in [1.807, 2.05) is 30.3 Å². The number of thioether (sulfide) groups is 1. The zero-order chi connectivity index (χ0) is 19.6. The molecule has 1 heterocycles. The van der Waals surface area contributed by atoms with Gasteiger partial charge in [-0.25, -0.2) is 0 Å². The molecule has 1 fully saturated rings. The van der Waals surface area contributed by atoms with Gasteiger partial charge in [0.2, 0.25) is 0 Å². The number of ether oxygens (including phenoxy) is 2. The fourth-order valence-electron chi connectivity index (χ4n) is 2.41. The first kappa shape index (κ1) is 20.0. The van der Waals surface area contributed by atoms with Crippen molar-refractivity contribution in [2.24, 2.45) is 0 Å². The first-order chi connectivity index (χ1) is 12.9. The SMILES string of the molecule is COc1cc(/C(Br)=C2\SC(=O)N(C)C2=O)c(Br)cc1OCc1ccccc1.